The first-order valence-electron chi connectivity index (χ1n) is 16.8. The minimum Gasteiger partial charge on any atom is -0.443 e. The first-order valence-corrected chi connectivity index (χ1v) is 16.8. The van der Waals surface area contributed by atoms with E-state index < -0.39 is 5.60 Å². The highest BCUT2D eigenvalue weighted by Crippen LogP contribution is 2.37. The fraction of sp³-hybridized carbons (Fsp3) is 0.514. The molecule has 8 rings (SSSR count). The Bertz CT molecular complexity index is 1780. The van der Waals surface area contributed by atoms with Gasteiger partial charge in [-0.05, 0) is 95.2 Å². The van der Waals surface area contributed by atoms with Gasteiger partial charge in [0.2, 0.25) is 0 Å². The number of hydrogen-bond acceptors (Lipinski definition) is 5. The third-order valence-corrected chi connectivity index (χ3v) is 9.10. The molecule has 8 heteroatoms. The molecule has 0 spiro atoms. The molecule has 8 nitrogen and oxygen atoms in total. The van der Waals surface area contributed by atoms with Crippen molar-refractivity contribution in [3.8, 4) is 0 Å². The molecular weight excluding hydrogens is 560 g/mol. The Balaban J connectivity index is 0.000000151. The van der Waals surface area contributed by atoms with Crippen molar-refractivity contribution >= 4 is 39.3 Å². The molecule has 2 aromatic carbocycles. The normalized spacial score (nSPS) is 22.1. The van der Waals surface area contributed by atoms with Crippen LogP contribution in [0.25, 0.3) is 27.5 Å². The van der Waals surface area contributed by atoms with Crippen LogP contribution in [0.2, 0.25) is 0 Å². The van der Waals surface area contributed by atoms with Gasteiger partial charge in [0.25, 0.3) is 0 Å². The van der Waals surface area contributed by atoms with E-state index in [0.717, 1.165) is 53.0 Å². The highest BCUT2D eigenvalue weighted by Gasteiger charge is 2.30. The predicted octanol–water partition coefficient (Wildman–Crippen LogP) is 8.58. The van der Waals surface area contributed by atoms with Crippen LogP contribution in [-0.2, 0) is 4.74 Å². The molecule has 4 aromatic rings. The lowest BCUT2D eigenvalue weighted by Gasteiger charge is -2.33. The number of hydrogen-bond donors (Lipinski definition) is 0. The number of carbonyl (C=O) groups excluding carboxylic acids is 1. The van der Waals surface area contributed by atoms with Crippen molar-refractivity contribution in [2.75, 3.05) is 13.1 Å². The maximum absolute atomic E-state index is 12.8. The summed E-state index contributed by atoms with van der Waals surface area (Å²) >= 11 is 0. The van der Waals surface area contributed by atoms with E-state index in [-0.39, 0.29) is 6.09 Å². The highest BCUT2D eigenvalue weighted by atomic mass is 16.6. The van der Waals surface area contributed by atoms with Gasteiger partial charge in [-0.25, -0.2) is 4.79 Å². The summed E-state index contributed by atoms with van der Waals surface area (Å²) in [5.41, 5.74) is 6.08. The Labute approximate surface area is 266 Å². The van der Waals surface area contributed by atoms with Gasteiger partial charge in [-0.3, -0.25) is 19.3 Å². The lowest BCUT2D eigenvalue weighted by Crippen LogP contribution is -2.39. The number of amides is 1. The standard InChI is InChI=1S/C21H27N3O2.C16H19N3/c1-14-5-10-19(23(12-14)20(25)26-21(2,3)4)15-6-7-16-13-24(17-8-9-17)22-18(16)11-15;1-11-2-7-15(17-9-11)12-3-4-13-10-19(14-5-6-14)18-16(13)8-12/h6-7,10-11,13-14,17H,5,8-9,12H2,1-4H3;3-4,8,10-11,14H,2,5-7,9H2,1H3. The van der Waals surface area contributed by atoms with Gasteiger partial charge in [0.15, 0.2) is 0 Å². The summed E-state index contributed by atoms with van der Waals surface area (Å²) in [6.07, 6.45) is 14.5. The Morgan fingerprint density at radius 1 is 0.822 bits per heavy atom. The molecule has 2 atom stereocenters. The van der Waals surface area contributed by atoms with Gasteiger partial charge >= 0.3 is 6.09 Å². The fourth-order valence-electron chi connectivity index (χ4n) is 6.19. The summed E-state index contributed by atoms with van der Waals surface area (Å²) in [6.45, 7) is 11.8. The zero-order chi connectivity index (χ0) is 31.3. The number of rotatable bonds is 4. The zero-order valence-electron chi connectivity index (χ0n) is 27.4. The van der Waals surface area contributed by atoms with Gasteiger partial charge in [-0.2, -0.15) is 10.2 Å². The van der Waals surface area contributed by atoms with Gasteiger partial charge in [-0.1, -0.05) is 44.2 Å². The van der Waals surface area contributed by atoms with Crippen LogP contribution in [0.1, 0.15) is 103 Å². The van der Waals surface area contributed by atoms with E-state index >= 15 is 0 Å². The Morgan fingerprint density at radius 3 is 1.98 bits per heavy atom. The molecule has 2 saturated carbocycles. The zero-order valence-corrected chi connectivity index (χ0v) is 27.4. The van der Waals surface area contributed by atoms with Crippen LogP contribution in [0, 0.1) is 11.8 Å². The molecule has 2 aliphatic carbocycles. The van der Waals surface area contributed by atoms with Crippen molar-refractivity contribution in [3.05, 3.63) is 66.0 Å². The van der Waals surface area contributed by atoms with Crippen LogP contribution in [0.3, 0.4) is 0 Å². The van der Waals surface area contributed by atoms with Gasteiger partial charge in [0.05, 0.1) is 28.8 Å². The minimum atomic E-state index is -0.504. The monoisotopic (exact) mass is 606 g/mol. The third-order valence-electron chi connectivity index (χ3n) is 9.10. The number of fused-ring (bicyclic) bond motifs is 2. The molecule has 1 amide bonds. The van der Waals surface area contributed by atoms with Gasteiger partial charge in [0.1, 0.15) is 5.60 Å². The van der Waals surface area contributed by atoms with Crippen molar-refractivity contribution in [1.29, 1.82) is 0 Å². The number of nitrogens with zero attached hydrogens (tertiary/aromatic N) is 6. The minimum absolute atomic E-state index is 0.279. The number of aromatic nitrogens is 4. The molecule has 0 bridgehead atoms. The van der Waals surface area contributed by atoms with E-state index in [4.69, 9.17) is 19.9 Å². The van der Waals surface area contributed by atoms with Gasteiger partial charge < -0.3 is 4.74 Å². The maximum atomic E-state index is 12.8. The second-order valence-electron chi connectivity index (χ2n) is 14.7. The predicted molar refractivity (Wildman–Crippen MR) is 181 cm³/mol. The van der Waals surface area contributed by atoms with E-state index in [1.165, 1.54) is 48.8 Å². The number of aliphatic imine (C=N–C) groups is 1. The SMILES string of the molecule is CC1CC=C(c2ccc3cn(C4CC4)nc3c2)N(C(=O)OC(C)(C)C)C1.CC1CCC(c2ccc3cn(C4CC4)nc3c2)=NC1. The van der Waals surface area contributed by atoms with Crippen molar-refractivity contribution in [2.24, 2.45) is 16.8 Å². The van der Waals surface area contributed by atoms with Crippen LogP contribution in [0.4, 0.5) is 4.79 Å². The molecule has 2 unspecified atom stereocenters. The van der Waals surface area contributed by atoms with Gasteiger partial charge in [-0.15, -0.1) is 0 Å². The second kappa shape index (κ2) is 11.8. The first kappa shape index (κ1) is 29.8. The van der Waals surface area contributed by atoms with Crippen molar-refractivity contribution in [3.63, 3.8) is 0 Å². The maximum Gasteiger partial charge on any atom is 0.414 e. The van der Waals surface area contributed by atoms with E-state index in [9.17, 15) is 4.79 Å². The van der Waals surface area contributed by atoms with Crippen molar-refractivity contribution in [2.45, 2.75) is 97.2 Å². The molecule has 236 valence electrons. The average molecular weight is 607 g/mol. The smallest absolute Gasteiger partial charge is 0.414 e. The molecule has 4 heterocycles. The summed E-state index contributed by atoms with van der Waals surface area (Å²) < 4.78 is 9.85. The van der Waals surface area contributed by atoms with Crippen LogP contribution >= 0.6 is 0 Å². The Hall–Kier alpha value is -3.94. The van der Waals surface area contributed by atoms with Crippen LogP contribution in [0.5, 0.6) is 0 Å². The average Bonchev–Trinajstić information content (AvgIpc) is 3.95. The number of carbonyl (C=O) groups is 1. The number of ether oxygens (including phenoxy) is 1. The summed E-state index contributed by atoms with van der Waals surface area (Å²) in [4.78, 5) is 19.3. The van der Waals surface area contributed by atoms with E-state index in [1.54, 1.807) is 4.90 Å². The third kappa shape index (κ3) is 6.85. The fourth-order valence-corrected chi connectivity index (χ4v) is 6.19. The first-order chi connectivity index (χ1) is 21.6. The Morgan fingerprint density at radius 2 is 1.42 bits per heavy atom. The quantitative estimate of drug-likeness (QED) is 0.233. The summed E-state index contributed by atoms with van der Waals surface area (Å²) in [5, 5.41) is 11.8. The van der Waals surface area contributed by atoms with Crippen LogP contribution < -0.4 is 0 Å². The molecule has 0 saturated heterocycles. The lowest BCUT2D eigenvalue weighted by molar-refractivity contribution is 0.0327. The van der Waals surface area contributed by atoms with Crippen LogP contribution in [-0.4, -0.2) is 55.0 Å². The number of benzene rings is 2. The molecule has 2 aromatic heterocycles. The summed E-state index contributed by atoms with van der Waals surface area (Å²) in [5.74, 6) is 1.16. The topological polar surface area (TPSA) is 77.5 Å². The van der Waals surface area contributed by atoms with E-state index in [2.05, 4.69) is 78.1 Å². The molecule has 2 aliphatic heterocycles. The molecule has 45 heavy (non-hydrogen) atoms. The largest absolute Gasteiger partial charge is 0.443 e. The molecule has 0 N–H and O–H groups in total. The lowest BCUT2D eigenvalue weighted by atomic mass is 9.95. The van der Waals surface area contributed by atoms with Gasteiger partial charge in [0, 0.05) is 47.5 Å². The van der Waals surface area contributed by atoms with E-state index in [0.29, 0.717) is 24.5 Å². The van der Waals surface area contributed by atoms with E-state index in [1.807, 2.05) is 20.8 Å². The molecule has 2 fully saturated rings. The summed E-state index contributed by atoms with van der Waals surface area (Å²) in [6, 6.07) is 14.1. The Kier molecular flexibility index (Phi) is 7.78. The second-order valence-corrected chi connectivity index (χ2v) is 14.7. The highest BCUT2D eigenvalue weighted by molar-refractivity contribution is 6.03. The molecular formula is C37H46N6O2. The molecule has 0 radical (unpaired) electrons. The summed E-state index contributed by atoms with van der Waals surface area (Å²) in [7, 11) is 0. The van der Waals surface area contributed by atoms with Crippen molar-refractivity contribution in [1.82, 2.24) is 24.5 Å². The number of allylic oxidation sites excluding steroid dienone is 1. The molecule has 4 aliphatic rings. The van der Waals surface area contributed by atoms with Crippen molar-refractivity contribution < 1.29 is 9.53 Å². The van der Waals surface area contributed by atoms with Crippen LogP contribution in [0.15, 0.2) is 59.9 Å².